The Morgan fingerprint density at radius 1 is 1.35 bits per heavy atom. The molecule has 0 spiro atoms. The van der Waals surface area contributed by atoms with E-state index in [1.165, 1.54) is 38.1 Å². The minimum absolute atomic E-state index is 0.131. The molecule has 94 valence electrons. The van der Waals surface area contributed by atoms with Gasteiger partial charge in [0, 0.05) is 11.5 Å². The first-order valence-electron chi connectivity index (χ1n) is 6.80. The van der Waals surface area contributed by atoms with E-state index in [-0.39, 0.29) is 5.41 Å². The third-order valence-corrected chi connectivity index (χ3v) is 4.41. The summed E-state index contributed by atoms with van der Waals surface area (Å²) in [7, 11) is 0. The van der Waals surface area contributed by atoms with Crippen molar-refractivity contribution in [3.63, 3.8) is 0 Å². The lowest BCUT2D eigenvalue weighted by atomic mass is 9.74. The van der Waals surface area contributed by atoms with Crippen molar-refractivity contribution in [1.29, 1.82) is 0 Å². The van der Waals surface area contributed by atoms with Crippen molar-refractivity contribution in [3.8, 4) is 0 Å². The van der Waals surface area contributed by atoms with Crippen LogP contribution >= 0.6 is 0 Å². The highest BCUT2D eigenvalue weighted by molar-refractivity contribution is 5.10. The standard InChI is InChI=1S/C13H22N4/c1-13(2,10-4-3-7-14-8-10)12-16-15-9-17(12)11-5-6-11/h9-11,14H,3-8H2,1-2H3. The van der Waals surface area contributed by atoms with E-state index in [1.807, 2.05) is 6.33 Å². The molecule has 1 aliphatic heterocycles. The highest BCUT2D eigenvalue weighted by Gasteiger charge is 2.38. The van der Waals surface area contributed by atoms with Gasteiger partial charge in [-0.2, -0.15) is 0 Å². The predicted molar refractivity (Wildman–Crippen MR) is 66.9 cm³/mol. The molecule has 1 atom stereocenters. The second-order valence-corrected chi connectivity index (χ2v) is 6.06. The lowest BCUT2D eigenvalue weighted by Gasteiger charge is -2.36. The Hall–Kier alpha value is -0.900. The lowest BCUT2D eigenvalue weighted by molar-refractivity contribution is 0.235. The van der Waals surface area contributed by atoms with Gasteiger partial charge in [0.25, 0.3) is 0 Å². The molecule has 2 aliphatic rings. The Bertz CT molecular complexity index is 386. The van der Waals surface area contributed by atoms with Crippen LogP contribution in [0.2, 0.25) is 0 Å². The van der Waals surface area contributed by atoms with Gasteiger partial charge in [0.15, 0.2) is 0 Å². The SMILES string of the molecule is CC(C)(c1nncn1C1CC1)C1CCCNC1. The van der Waals surface area contributed by atoms with Crippen LogP contribution in [-0.4, -0.2) is 27.9 Å². The van der Waals surface area contributed by atoms with E-state index < -0.39 is 0 Å². The molecule has 17 heavy (non-hydrogen) atoms. The van der Waals surface area contributed by atoms with Crippen LogP contribution < -0.4 is 5.32 Å². The molecule has 1 saturated carbocycles. The Morgan fingerprint density at radius 2 is 2.18 bits per heavy atom. The molecule has 1 aliphatic carbocycles. The molecule has 0 aromatic carbocycles. The van der Waals surface area contributed by atoms with Gasteiger partial charge < -0.3 is 9.88 Å². The van der Waals surface area contributed by atoms with Crippen LogP contribution in [0, 0.1) is 5.92 Å². The molecule has 4 nitrogen and oxygen atoms in total. The van der Waals surface area contributed by atoms with Gasteiger partial charge in [0.1, 0.15) is 12.2 Å². The smallest absolute Gasteiger partial charge is 0.139 e. The number of hydrogen-bond acceptors (Lipinski definition) is 3. The second kappa shape index (κ2) is 4.09. The monoisotopic (exact) mass is 234 g/mol. The van der Waals surface area contributed by atoms with Crippen molar-refractivity contribution in [2.75, 3.05) is 13.1 Å². The number of nitrogens with zero attached hydrogens (tertiary/aromatic N) is 3. The second-order valence-electron chi connectivity index (χ2n) is 6.06. The highest BCUT2D eigenvalue weighted by atomic mass is 15.3. The number of rotatable bonds is 3. The van der Waals surface area contributed by atoms with E-state index in [0.717, 1.165) is 6.54 Å². The summed E-state index contributed by atoms with van der Waals surface area (Å²) in [5.41, 5.74) is 0.131. The number of aromatic nitrogens is 3. The summed E-state index contributed by atoms with van der Waals surface area (Å²) >= 11 is 0. The van der Waals surface area contributed by atoms with Crippen molar-refractivity contribution in [2.45, 2.75) is 51.0 Å². The third-order valence-electron chi connectivity index (χ3n) is 4.41. The van der Waals surface area contributed by atoms with Gasteiger partial charge in [0.2, 0.25) is 0 Å². The van der Waals surface area contributed by atoms with E-state index in [0.29, 0.717) is 12.0 Å². The minimum atomic E-state index is 0.131. The zero-order valence-electron chi connectivity index (χ0n) is 10.8. The number of piperidine rings is 1. The lowest BCUT2D eigenvalue weighted by Crippen LogP contribution is -2.42. The van der Waals surface area contributed by atoms with Crippen molar-refractivity contribution >= 4 is 0 Å². The van der Waals surface area contributed by atoms with Crippen LogP contribution in [0.15, 0.2) is 6.33 Å². The summed E-state index contributed by atoms with van der Waals surface area (Å²) in [4.78, 5) is 0. The zero-order chi connectivity index (χ0) is 11.9. The summed E-state index contributed by atoms with van der Waals surface area (Å²) < 4.78 is 2.31. The average Bonchev–Trinajstić information content (AvgIpc) is 3.07. The molecule has 1 N–H and O–H groups in total. The van der Waals surface area contributed by atoms with Crippen molar-refractivity contribution in [2.24, 2.45) is 5.92 Å². The topological polar surface area (TPSA) is 42.7 Å². The molecule has 1 saturated heterocycles. The van der Waals surface area contributed by atoms with Crippen LogP contribution in [0.4, 0.5) is 0 Å². The first-order chi connectivity index (χ1) is 8.19. The van der Waals surface area contributed by atoms with Crippen molar-refractivity contribution in [1.82, 2.24) is 20.1 Å². The van der Waals surface area contributed by atoms with E-state index in [4.69, 9.17) is 0 Å². The Balaban J connectivity index is 1.86. The molecular weight excluding hydrogens is 212 g/mol. The molecule has 2 heterocycles. The van der Waals surface area contributed by atoms with E-state index in [9.17, 15) is 0 Å². The predicted octanol–water partition coefficient (Wildman–Crippen LogP) is 1.89. The van der Waals surface area contributed by atoms with E-state index in [1.54, 1.807) is 0 Å². The van der Waals surface area contributed by atoms with Gasteiger partial charge in [-0.3, -0.25) is 0 Å². The summed E-state index contributed by atoms with van der Waals surface area (Å²) in [6.45, 7) is 6.94. The largest absolute Gasteiger partial charge is 0.316 e. The fraction of sp³-hybridized carbons (Fsp3) is 0.846. The Kier molecular flexibility index (Phi) is 2.69. The quantitative estimate of drug-likeness (QED) is 0.868. The van der Waals surface area contributed by atoms with Crippen LogP contribution in [0.1, 0.15) is 51.4 Å². The van der Waals surface area contributed by atoms with Crippen LogP contribution in [0.25, 0.3) is 0 Å². The zero-order valence-corrected chi connectivity index (χ0v) is 10.8. The van der Waals surface area contributed by atoms with Crippen LogP contribution in [-0.2, 0) is 5.41 Å². The Morgan fingerprint density at radius 3 is 2.82 bits per heavy atom. The molecule has 4 heteroatoms. The summed E-state index contributed by atoms with van der Waals surface area (Å²) in [6, 6.07) is 0.677. The normalized spacial score (nSPS) is 26.1. The minimum Gasteiger partial charge on any atom is -0.316 e. The van der Waals surface area contributed by atoms with Crippen LogP contribution in [0.5, 0.6) is 0 Å². The third kappa shape index (κ3) is 1.99. The molecule has 3 rings (SSSR count). The number of nitrogens with one attached hydrogen (secondary N) is 1. The fourth-order valence-electron chi connectivity index (χ4n) is 2.97. The maximum atomic E-state index is 4.41. The van der Waals surface area contributed by atoms with Gasteiger partial charge in [-0.25, -0.2) is 0 Å². The van der Waals surface area contributed by atoms with Crippen molar-refractivity contribution < 1.29 is 0 Å². The van der Waals surface area contributed by atoms with Crippen molar-refractivity contribution in [3.05, 3.63) is 12.2 Å². The molecule has 2 fully saturated rings. The first-order valence-corrected chi connectivity index (χ1v) is 6.80. The first kappa shape index (κ1) is 11.2. The molecule has 1 unspecified atom stereocenters. The maximum absolute atomic E-state index is 4.41. The fourth-order valence-corrected chi connectivity index (χ4v) is 2.97. The van der Waals surface area contributed by atoms with Crippen LogP contribution in [0.3, 0.4) is 0 Å². The molecule has 0 amide bonds. The highest BCUT2D eigenvalue weighted by Crippen LogP contribution is 2.40. The molecule has 0 radical (unpaired) electrons. The average molecular weight is 234 g/mol. The maximum Gasteiger partial charge on any atom is 0.139 e. The molecule has 1 aromatic heterocycles. The summed E-state index contributed by atoms with van der Waals surface area (Å²) in [5, 5.41) is 12.1. The van der Waals surface area contributed by atoms with Gasteiger partial charge in [0.05, 0.1) is 0 Å². The molecular formula is C13H22N4. The van der Waals surface area contributed by atoms with Gasteiger partial charge in [-0.1, -0.05) is 13.8 Å². The van der Waals surface area contributed by atoms with E-state index >= 15 is 0 Å². The Labute approximate surface area is 103 Å². The van der Waals surface area contributed by atoms with Gasteiger partial charge in [-0.05, 0) is 44.7 Å². The molecule has 0 bridgehead atoms. The van der Waals surface area contributed by atoms with Gasteiger partial charge in [-0.15, -0.1) is 10.2 Å². The molecule has 1 aromatic rings. The summed E-state index contributed by atoms with van der Waals surface area (Å²) in [6.07, 6.45) is 7.10. The number of hydrogen-bond donors (Lipinski definition) is 1. The van der Waals surface area contributed by atoms with E-state index in [2.05, 4.69) is 33.9 Å². The summed E-state index contributed by atoms with van der Waals surface area (Å²) in [5.74, 6) is 1.87. The van der Waals surface area contributed by atoms with Gasteiger partial charge >= 0.3 is 0 Å².